The standard InChI is InChI=1S/C26H33Cl2FN8O/c1-14(2)36-9-3-4-17(13-36)32-25-31-12-21-24(35-25)37(18-7-5-15(6-8-18)23(30)38)26(33-21)34-22-19(28)10-16(27)11-20(22)29/h10-12,14-15,17-18H,3-9,13H2,1-2H3,(H2,30,38)(H,33,34)(H,31,32,35)/t15?,17-,18?/m1/s1. The number of halogens is 3. The van der Waals surface area contributed by atoms with Gasteiger partial charge in [0, 0.05) is 35.6 Å². The van der Waals surface area contributed by atoms with E-state index in [1.54, 1.807) is 6.20 Å². The third kappa shape index (κ3) is 5.67. The molecule has 1 aromatic carbocycles. The number of primary amides is 1. The van der Waals surface area contributed by atoms with E-state index in [4.69, 9.17) is 38.9 Å². The van der Waals surface area contributed by atoms with Gasteiger partial charge in [0.1, 0.15) is 11.3 Å². The zero-order chi connectivity index (χ0) is 27.0. The third-order valence-electron chi connectivity index (χ3n) is 7.66. The van der Waals surface area contributed by atoms with Crippen LogP contribution in [-0.2, 0) is 4.79 Å². The highest BCUT2D eigenvalue weighted by atomic mass is 35.5. The summed E-state index contributed by atoms with van der Waals surface area (Å²) in [6.45, 7) is 6.44. The number of piperidine rings is 1. The lowest BCUT2D eigenvalue weighted by Crippen LogP contribution is -2.45. The van der Waals surface area contributed by atoms with E-state index >= 15 is 0 Å². The topological polar surface area (TPSA) is 114 Å². The summed E-state index contributed by atoms with van der Waals surface area (Å²) >= 11 is 12.3. The summed E-state index contributed by atoms with van der Waals surface area (Å²) in [6.07, 6.45) is 6.59. The fraction of sp³-hybridized carbons (Fsp3) is 0.538. The molecular formula is C26H33Cl2FN8O. The van der Waals surface area contributed by atoms with Crippen molar-refractivity contribution in [3.8, 4) is 0 Å². The van der Waals surface area contributed by atoms with Crippen LogP contribution >= 0.6 is 23.2 Å². The van der Waals surface area contributed by atoms with Crippen molar-refractivity contribution in [1.82, 2.24) is 24.4 Å². The normalized spacial score (nSPS) is 22.6. The van der Waals surface area contributed by atoms with Crippen molar-refractivity contribution in [3.63, 3.8) is 0 Å². The van der Waals surface area contributed by atoms with Crippen molar-refractivity contribution in [2.45, 2.75) is 70.5 Å². The molecule has 0 unspecified atom stereocenters. The van der Waals surface area contributed by atoms with Crippen LogP contribution < -0.4 is 16.4 Å². The lowest BCUT2D eigenvalue weighted by Gasteiger charge is -2.35. The smallest absolute Gasteiger partial charge is 0.225 e. The average Bonchev–Trinajstić information content (AvgIpc) is 3.23. The van der Waals surface area contributed by atoms with Crippen LogP contribution in [0, 0.1) is 11.7 Å². The van der Waals surface area contributed by atoms with Crippen LogP contribution in [0.3, 0.4) is 0 Å². The molecule has 12 heteroatoms. The lowest BCUT2D eigenvalue weighted by atomic mass is 9.85. The van der Waals surface area contributed by atoms with Crippen LogP contribution in [0.2, 0.25) is 10.0 Å². The number of nitrogens with two attached hydrogens (primary N) is 1. The van der Waals surface area contributed by atoms with Gasteiger partial charge >= 0.3 is 0 Å². The number of amides is 1. The van der Waals surface area contributed by atoms with E-state index in [0.717, 1.165) is 25.9 Å². The molecule has 2 aromatic heterocycles. The molecule has 5 rings (SSSR count). The minimum Gasteiger partial charge on any atom is -0.369 e. The number of hydrogen-bond donors (Lipinski definition) is 3. The predicted molar refractivity (Wildman–Crippen MR) is 149 cm³/mol. The Labute approximate surface area is 231 Å². The van der Waals surface area contributed by atoms with Gasteiger partial charge < -0.3 is 16.4 Å². The number of carbonyl (C=O) groups excluding carboxylic acids is 1. The number of aromatic nitrogens is 4. The van der Waals surface area contributed by atoms with E-state index in [1.807, 2.05) is 4.57 Å². The molecule has 0 radical (unpaired) electrons. The maximum Gasteiger partial charge on any atom is 0.225 e. The molecule has 2 fully saturated rings. The third-order valence-corrected chi connectivity index (χ3v) is 8.17. The van der Waals surface area contributed by atoms with Crippen molar-refractivity contribution < 1.29 is 9.18 Å². The number of anilines is 3. The molecule has 9 nitrogen and oxygen atoms in total. The van der Waals surface area contributed by atoms with Gasteiger partial charge in [-0.2, -0.15) is 4.98 Å². The maximum absolute atomic E-state index is 14.8. The molecule has 0 spiro atoms. The number of nitrogens with one attached hydrogen (secondary N) is 2. The highest BCUT2D eigenvalue weighted by molar-refractivity contribution is 6.36. The molecule has 1 saturated carbocycles. The van der Waals surface area contributed by atoms with Crippen molar-refractivity contribution in [2.24, 2.45) is 11.7 Å². The molecule has 38 heavy (non-hydrogen) atoms. The summed E-state index contributed by atoms with van der Waals surface area (Å²) in [5.41, 5.74) is 6.86. The van der Waals surface area contributed by atoms with Crippen molar-refractivity contribution in [2.75, 3.05) is 23.7 Å². The number of fused-ring (bicyclic) bond motifs is 1. The Kier molecular flexibility index (Phi) is 7.93. The highest BCUT2D eigenvalue weighted by Crippen LogP contribution is 2.38. The summed E-state index contributed by atoms with van der Waals surface area (Å²) in [4.78, 5) is 28.3. The molecule has 3 aromatic rings. The van der Waals surface area contributed by atoms with Crippen LogP contribution in [0.1, 0.15) is 58.4 Å². The molecule has 1 atom stereocenters. The van der Waals surface area contributed by atoms with Crippen molar-refractivity contribution in [3.05, 3.63) is 34.2 Å². The molecule has 2 aliphatic rings. The minimum atomic E-state index is -0.584. The summed E-state index contributed by atoms with van der Waals surface area (Å²) < 4.78 is 16.8. The zero-order valence-electron chi connectivity index (χ0n) is 21.6. The van der Waals surface area contributed by atoms with Crippen LogP contribution in [-0.4, -0.2) is 55.5 Å². The van der Waals surface area contributed by atoms with Gasteiger partial charge in [0.15, 0.2) is 5.65 Å². The molecule has 1 aliphatic carbocycles. The Morgan fingerprint density at radius 1 is 1.16 bits per heavy atom. The second-order valence-electron chi connectivity index (χ2n) is 10.6. The van der Waals surface area contributed by atoms with Gasteiger partial charge in [0.25, 0.3) is 0 Å². The van der Waals surface area contributed by atoms with E-state index in [2.05, 4.69) is 34.4 Å². The predicted octanol–water partition coefficient (Wildman–Crippen LogP) is 5.52. The molecule has 0 bridgehead atoms. The van der Waals surface area contributed by atoms with E-state index in [9.17, 15) is 9.18 Å². The SMILES string of the molecule is CC(C)N1CCC[C@@H](Nc2ncc3nc(Nc4c(F)cc(Cl)cc4Cl)n(C4CCC(C(N)=O)CC4)c3n2)C1. The molecule has 1 saturated heterocycles. The number of hydrogen-bond acceptors (Lipinski definition) is 7. The maximum atomic E-state index is 14.8. The second kappa shape index (κ2) is 11.2. The first-order chi connectivity index (χ1) is 18.2. The Morgan fingerprint density at radius 2 is 1.92 bits per heavy atom. The summed E-state index contributed by atoms with van der Waals surface area (Å²) in [5.74, 6) is -0.0752. The van der Waals surface area contributed by atoms with Crippen LogP contribution in [0.5, 0.6) is 0 Å². The summed E-state index contributed by atoms with van der Waals surface area (Å²) in [6, 6.07) is 3.39. The van der Waals surface area contributed by atoms with E-state index in [1.165, 1.54) is 12.1 Å². The number of benzene rings is 1. The average molecular weight is 564 g/mol. The molecule has 1 amide bonds. The first-order valence-corrected chi connectivity index (χ1v) is 13.9. The zero-order valence-corrected chi connectivity index (χ0v) is 23.1. The van der Waals surface area contributed by atoms with Crippen molar-refractivity contribution in [1.29, 1.82) is 0 Å². The number of imidazole rings is 1. The van der Waals surface area contributed by atoms with E-state index < -0.39 is 5.82 Å². The first-order valence-electron chi connectivity index (χ1n) is 13.2. The van der Waals surface area contributed by atoms with Crippen LogP contribution in [0.25, 0.3) is 11.2 Å². The fourth-order valence-corrected chi connectivity index (χ4v) is 6.08. The Morgan fingerprint density at radius 3 is 2.61 bits per heavy atom. The molecule has 204 valence electrons. The number of nitrogens with zero attached hydrogens (tertiary/aromatic N) is 5. The Balaban J connectivity index is 1.49. The van der Waals surface area contributed by atoms with Gasteiger partial charge in [-0.15, -0.1) is 0 Å². The van der Waals surface area contributed by atoms with Crippen LogP contribution in [0.15, 0.2) is 18.3 Å². The summed E-state index contributed by atoms with van der Waals surface area (Å²) in [5, 5.41) is 6.94. The molecule has 4 N–H and O–H groups in total. The number of carbonyl (C=O) groups is 1. The lowest BCUT2D eigenvalue weighted by molar-refractivity contribution is -0.122. The molecule has 1 aliphatic heterocycles. The van der Waals surface area contributed by atoms with E-state index in [0.29, 0.717) is 54.8 Å². The monoisotopic (exact) mass is 562 g/mol. The van der Waals surface area contributed by atoms with Crippen molar-refractivity contribution >= 4 is 57.9 Å². The molecular weight excluding hydrogens is 530 g/mol. The van der Waals surface area contributed by atoms with Gasteiger partial charge in [-0.25, -0.2) is 14.4 Å². The minimum absolute atomic E-state index is 0.0129. The number of rotatable bonds is 7. The van der Waals surface area contributed by atoms with Gasteiger partial charge in [-0.05, 0) is 71.0 Å². The quantitative estimate of drug-likeness (QED) is 0.347. The Bertz CT molecular complexity index is 1300. The van der Waals surface area contributed by atoms with Gasteiger partial charge in [-0.3, -0.25) is 14.3 Å². The fourth-order valence-electron chi connectivity index (χ4n) is 5.56. The van der Waals surface area contributed by atoms with Crippen LogP contribution in [0.4, 0.5) is 22.0 Å². The van der Waals surface area contributed by atoms with Gasteiger partial charge in [0.2, 0.25) is 17.8 Å². The first kappa shape index (κ1) is 26.9. The summed E-state index contributed by atoms with van der Waals surface area (Å²) in [7, 11) is 0. The Hall–Kier alpha value is -2.69. The highest BCUT2D eigenvalue weighted by Gasteiger charge is 2.30. The second-order valence-corrected chi connectivity index (χ2v) is 11.4. The van der Waals surface area contributed by atoms with Gasteiger partial charge in [-0.1, -0.05) is 23.2 Å². The van der Waals surface area contributed by atoms with E-state index in [-0.39, 0.29) is 39.6 Å². The number of likely N-dealkylation sites (tertiary alicyclic amines) is 1. The largest absolute Gasteiger partial charge is 0.369 e. The van der Waals surface area contributed by atoms with Gasteiger partial charge in [0.05, 0.1) is 16.9 Å². The molecule has 3 heterocycles.